The van der Waals surface area contributed by atoms with Gasteiger partial charge in [-0.25, -0.2) is 0 Å². The first kappa shape index (κ1) is 19.5. The minimum atomic E-state index is -0.444. The number of aliphatic hydroxyl groups is 1. The summed E-state index contributed by atoms with van der Waals surface area (Å²) in [6, 6.07) is 8.87. The molecule has 0 radical (unpaired) electrons. The molecule has 4 heteroatoms. The topological polar surface area (TPSA) is 41.9 Å². The Hall–Kier alpha value is -1.26. The molecule has 2 saturated carbocycles. The van der Waals surface area contributed by atoms with Gasteiger partial charge in [-0.15, -0.1) is 0 Å². The number of aliphatic hydroxyl groups excluding tert-OH is 1. The average Bonchev–Trinajstić information content (AvgIpc) is 2.72. The largest absolute Gasteiger partial charge is 0.497 e. The van der Waals surface area contributed by atoms with Crippen molar-refractivity contribution in [2.45, 2.75) is 82.4 Å². The highest BCUT2D eigenvalue weighted by Crippen LogP contribution is 2.30. The predicted octanol–water partition coefficient (Wildman–Crippen LogP) is 4.40. The van der Waals surface area contributed by atoms with Crippen LogP contribution in [0.5, 0.6) is 11.5 Å². The van der Waals surface area contributed by atoms with E-state index >= 15 is 0 Å². The summed E-state index contributed by atoms with van der Waals surface area (Å²) in [4.78, 5) is 2.64. The van der Waals surface area contributed by atoms with Crippen LogP contribution in [0.25, 0.3) is 0 Å². The maximum atomic E-state index is 10.7. The van der Waals surface area contributed by atoms with Crippen LogP contribution in [0.4, 0.5) is 0 Å². The smallest absolute Gasteiger partial charge is 0.119 e. The van der Waals surface area contributed by atoms with Gasteiger partial charge in [0, 0.05) is 18.6 Å². The minimum absolute atomic E-state index is 0.349. The number of rotatable bonds is 8. The summed E-state index contributed by atoms with van der Waals surface area (Å²) < 4.78 is 11.0. The van der Waals surface area contributed by atoms with E-state index in [1.165, 1.54) is 64.2 Å². The fourth-order valence-corrected chi connectivity index (χ4v) is 4.58. The van der Waals surface area contributed by atoms with Gasteiger partial charge in [0.05, 0.1) is 7.11 Å². The molecule has 0 bridgehead atoms. The third-order valence-electron chi connectivity index (χ3n) is 6.01. The van der Waals surface area contributed by atoms with E-state index in [-0.39, 0.29) is 0 Å². The minimum Gasteiger partial charge on any atom is -0.497 e. The third-order valence-corrected chi connectivity index (χ3v) is 6.01. The molecular formula is C22H35NO3. The van der Waals surface area contributed by atoms with Crippen LogP contribution in [-0.4, -0.2) is 48.5 Å². The van der Waals surface area contributed by atoms with Crippen LogP contribution in [-0.2, 0) is 0 Å². The van der Waals surface area contributed by atoms with Gasteiger partial charge in [-0.1, -0.05) is 38.5 Å². The lowest BCUT2D eigenvalue weighted by atomic mass is 9.88. The van der Waals surface area contributed by atoms with E-state index in [0.29, 0.717) is 18.7 Å². The fourth-order valence-electron chi connectivity index (χ4n) is 4.58. The number of hydrogen-bond acceptors (Lipinski definition) is 4. The standard InChI is InChI=1S/C22H35NO3/c1-25-21-12-14-22(15-13-21)26-17-20(24)16-23(18-8-4-2-5-9-18)19-10-6-3-7-11-19/h12-15,18-20,24H,2-11,16-17H2,1H3/t20-/m0/s1. The second-order valence-corrected chi connectivity index (χ2v) is 7.92. The van der Waals surface area contributed by atoms with Crippen molar-refractivity contribution in [2.24, 2.45) is 0 Å². The highest BCUT2D eigenvalue weighted by Gasteiger charge is 2.30. The lowest BCUT2D eigenvalue weighted by Crippen LogP contribution is -2.49. The molecule has 1 aromatic carbocycles. The van der Waals surface area contributed by atoms with Gasteiger partial charge in [0.25, 0.3) is 0 Å². The number of nitrogens with zero attached hydrogens (tertiary/aromatic N) is 1. The summed E-state index contributed by atoms with van der Waals surface area (Å²) >= 11 is 0. The highest BCUT2D eigenvalue weighted by molar-refractivity contribution is 5.31. The summed E-state index contributed by atoms with van der Waals surface area (Å²) in [7, 11) is 1.66. The molecule has 146 valence electrons. The molecule has 2 aliphatic rings. The van der Waals surface area contributed by atoms with E-state index in [0.717, 1.165) is 18.0 Å². The third kappa shape index (κ3) is 5.62. The maximum absolute atomic E-state index is 10.7. The SMILES string of the molecule is COc1ccc(OC[C@@H](O)CN(C2CCCCC2)C2CCCCC2)cc1. The zero-order valence-electron chi connectivity index (χ0n) is 16.2. The van der Waals surface area contributed by atoms with E-state index in [1.54, 1.807) is 7.11 Å². The molecule has 26 heavy (non-hydrogen) atoms. The Kier molecular flexibility index (Phi) is 7.63. The van der Waals surface area contributed by atoms with Crippen LogP contribution < -0.4 is 9.47 Å². The van der Waals surface area contributed by atoms with Gasteiger partial charge >= 0.3 is 0 Å². The number of methoxy groups -OCH3 is 1. The second-order valence-electron chi connectivity index (χ2n) is 7.92. The monoisotopic (exact) mass is 361 g/mol. The molecule has 0 aliphatic heterocycles. The summed E-state index contributed by atoms with van der Waals surface area (Å²) in [5.41, 5.74) is 0. The van der Waals surface area contributed by atoms with Crippen molar-refractivity contribution in [2.75, 3.05) is 20.3 Å². The molecule has 0 saturated heterocycles. The van der Waals surface area contributed by atoms with Gasteiger partial charge in [-0.2, -0.15) is 0 Å². The zero-order chi connectivity index (χ0) is 18.2. The van der Waals surface area contributed by atoms with Gasteiger partial charge in [0.2, 0.25) is 0 Å². The van der Waals surface area contributed by atoms with Crippen molar-refractivity contribution >= 4 is 0 Å². The molecule has 0 amide bonds. The molecule has 2 aliphatic carbocycles. The van der Waals surface area contributed by atoms with Crippen molar-refractivity contribution in [1.82, 2.24) is 4.90 Å². The normalized spacial score (nSPS) is 20.9. The van der Waals surface area contributed by atoms with E-state index < -0.39 is 6.10 Å². The van der Waals surface area contributed by atoms with Crippen molar-refractivity contribution in [3.8, 4) is 11.5 Å². The molecule has 0 unspecified atom stereocenters. The Balaban J connectivity index is 1.54. The molecule has 1 N–H and O–H groups in total. The molecule has 0 spiro atoms. The molecule has 1 atom stereocenters. The summed E-state index contributed by atoms with van der Waals surface area (Å²) in [6.07, 6.45) is 12.8. The Labute approximate surface area is 158 Å². The van der Waals surface area contributed by atoms with Crippen LogP contribution in [0.1, 0.15) is 64.2 Å². The van der Waals surface area contributed by atoms with Gasteiger partial charge in [-0.3, -0.25) is 4.90 Å². The molecule has 4 nitrogen and oxygen atoms in total. The highest BCUT2D eigenvalue weighted by atomic mass is 16.5. The summed E-state index contributed by atoms with van der Waals surface area (Å²) in [6.45, 7) is 1.09. The van der Waals surface area contributed by atoms with Crippen LogP contribution in [0.15, 0.2) is 24.3 Å². The predicted molar refractivity (Wildman–Crippen MR) is 105 cm³/mol. The molecule has 0 heterocycles. The quantitative estimate of drug-likeness (QED) is 0.745. The zero-order valence-corrected chi connectivity index (χ0v) is 16.2. The van der Waals surface area contributed by atoms with Crippen LogP contribution >= 0.6 is 0 Å². The number of benzene rings is 1. The average molecular weight is 362 g/mol. The Morgan fingerprint density at radius 1 is 0.885 bits per heavy atom. The van der Waals surface area contributed by atoms with Crippen molar-refractivity contribution in [3.05, 3.63) is 24.3 Å². The van der Waals surface area contributed by atoms with Crippen LogP contribution in [0.3, 0.4) is 0 Å². The van der Waals surface area contributed by atoms with E-state index in [4.69, 9.17) is 9.47 Å². The number of hydrogen-bond donors (Lipinski definition) is 1. The Morgan fingerprint density at radius 3 is 1.88 bits per heavy atom. The van der Waals surface area contributed by atoms with Gasteiger partial charge in [0.15, 0.2) is 0 Å². The van der Waals surface area contributed by atoms with E-state index in [9.17, 15) is 5.11 Å². The first-order valence-corrected chi connectivity index (χ1v) is 10.5. The maximum Gasteiger partial charge on any atom is 0.119 e. The summed E-state index contributed by atoms with van der Waals surface area (Å²) in [5.74, 6) is 1.60. The van der Waals surface area contributed by atoms with Gasteiger partial charge < -0.3 is 14.6 Å². The lowest BCUT2D eigenvalue weighted by molar-refractivity contribution is 0.0117. The first-order valence-electron chi connectivity index (χ1n) is 10.5. The first-order chi connectivity index (χ1) is 12.8. The van der Waals surface area contributed by atoms with E-state index in [1.807, 2.05) is 24.3 Å². The Bertz CT molecular complexity index is 489. The van der Waals surface area contributed by atoms with E-state index in [2.05, 4.69) is 4.90 Å². The molecule has 1 aromatic rings. The Morgan fingerprint density at radius 2 is 1.38 bits per heavy atom. The number of ether oxygens (including phenoxy) is 2. The van der Waals surface area contributed by atoms with Crippen LogP contribution in [0, 0.1) is 0 Å². The van der Waals surface area contributed by atoms with Crippen LogP contribution in [0.2, 0.25) is 0 Å². The van der Waals surface area contributed by atoms with Gasteiger partial charge in [-0.05, 0) is 49.9 Å². The fraction of sp³-hybridized carbons (Fsp3) is 0.727. The van der Waals surface area contributed by atoms with Crippen molar-refractivity contribution in [3.63, 3.8) is 0 Å². The molecular weight excluding hydrogens is 326 g/mol. The second kappa shape index (κ2) is 10.2. The molecule has 0 aromatic heterocycles. The van der Waals surface area contributed by atoms with Gasteiger partial charge in [0.1, 0.15) is 24.2 Å². The molecule has 2 fully saturated rings. The molecule has 3 rings (SSSR count). The van der Waals surface area contributed by atoms with Crippen molar-refractivity contribution in [1.29, 1.82) is 0 Å². The summed E-state index contributed by atoms with van der Waals surface area (Å²) in [5, 5.41) is 10.7. The van der Waals surface area contributed by atoms with Crippen molar-refractivity contribution < 1.29 is 14.6 Å². The lowest BCUT2D eigenvalue weighted by Gasteiger charge is -2.42.